The van der Waals surface area contributed by atoms with Crippen LogP contribution in [0.4, 0.5) is 18.0 Å². The van der Waals surface area contributed by atoms with Gasteiger partial charge in [0.05, 0.1) is 0 Å². The van der Waals surface area contributed by atoms with Gasteiger partial charge in [-0.3, -0.25) is 0 Å². The maximum atomic E-state index is 12.2. The number of rotatable bonds is 1. The highest BCUT2D eigenvalue weighted by atomic mass is 19.4. The first kappa shape index (κ1) is 13.5. The van der Waals surface area contributed by atoms with E-state index in [1.165, 1.54) is 4.90 Å². The number of halogens is 3. The van der Waals surface area contributed by atoms with Gasteiger partial charge in [0.15, 0.2) is 6.10 Å². The molecular weight excluding hydrogens is 249 g/mol. The average Bonchev–Trinajstić information content (AvgIpc) is 2.25. The number of nitrogens with zero attached hydrogens (tertiary/aromatic N) is 1. The Kier molecular flexibility index (Phi) is 3.44. The average molecular weight is 266 g/mol. The molecule has 0 aliphatic carbocycles. The summed E-state index contributed by atoms with van der Waals surface area (Å²) in [6.07, 6.45) is -5.47. The minimum absolute atomic E-state index is 0.103. The fourth-order valence-corrected chi connectivity index (χ4v) is 2.46. The van der Waals surface area contributed by atoms with Crippen LogP contribution in [0.25, 0.3) is 0 Å². The summed E-state index contributed by atoms with van der Waals surface area (Å²) in [6.45, 7) is 3.68. The van der Waals surface area contributed by atoms with Crippen molar-refractivity contribution in [2.75, 3.05) is 26.2 Å². The molecule has 1 unspecified atom stereocenters. The van der Waals surface area contributed by atoms with Gasteiger partial charge in [0, 0.05) is 18.5 Å². The van der Waals surface area contributed by atoms with E-state index in [-0.39, 0.29) is 5.41 Å². The Morgan fingerprint density at radius 2 is 1.89 bits per heavy atom. The van der Waals surface area contributed by atoms with Crippen molar-refractivity contribution in [2.24, 2.45) is 5.41 Å². The number of amides is 1. The second-order valence-corrected chi connectivity index (χ2v) is 5.17. The van der Waals surface area contributed by atoms with E-state index in [0.29, 0.717) is 13.1 Å². The molecule has 1 atom stereocenters. The van der Waals surface area contributed by atoms with E-state index < -0.39 is 18.4 Å². The number of nitrogens with one attached hydrogen (secondary N) is 1. The summed E-state index contributed by atoms with van der Waals surface area (Å²) in [5.74, 6) is 0. The van der Waals surface area contributed by atoms with Crippen molar-refractivity contribution in [1.29, 1.82) is 0 Å². The van der Waals surface area contributed by atoms with Crippen molar-refractivity contribution < 1.29 is 22.7 Å². The third-order valence-corrected chi connectivity index (χ3v) is 3.71. The Hall–Kier alpha value is -0.980. The summed E-state index contributed by atoms with van der Waals surface area (Å²) in [5, 5.41) is 3.22. The minimum atomic E-state index is -4.49. The predicted octanol–water partition coefficient (Wildman–Crippen LogP) is 1.76. The zero-order valence-corrected chi connectivity index (χ0v) is 10.2. The lowest BCUT2D eigenvalue weighted by atomic mass is 9.73. The molecule has 2 aliphatic rings. The molecule has 0 aromatic carbocycles. The Balaban J connectivity index is 1.79. The van der Waals surface area contributed by atoms with Crippen molar-refractivity contribution >= 4 is 6.09 Å². The summed E-state index contributed by atoms with van der Waals surface area (Å²) < 4.78 is 41.1. The maximum absolute atomic E-state index is 12.2. The molecule has 1 spiro atoms. The minimum Gasteiger partial charge on any atom is -0.437 e. The molecule has 0 aromatic heterocycles. The number of hydrogen-bond donors (Lipinski definition) is 1. The summed E-state index contributed by atoms with van der Waals surface area (Å²) in [7, 11) is 0. The van der Waals surface area contributed by atoms with E-state index >= 15 is 0 Å². The topological polar surface area (TPSA) is 41.6 Å². The molecule has 2 aliphatic heterocycles. The summed E-state index contributed by atoms with van der Waals surface area (Å²) in [4.78, 5) is 12.9. The molecule has 1 amide bonds. The molecule has 0 bridgehead atoms. The van der Waals surface area contributed by atoms with Crippen LogP contribution in [0.1, 0.15) is 19.8 Å². The molecular formula is C11H17F3N2O2. The largest absolute Gasteiger partial charge is 0.437 e. The Morgan fingerprint density at radius 1 is 1.33 bits per heavy atom. The fourth-order valence-electron chi connectivity index (χ4n) is 2.46. The van der Waals surface area contributed by atoms with E-state index in [4.69, 9.17) is 0 Å². The summed E-state index contributed by atoms with van der Waals surface area (Å²) in [5.41, 5.74) is 0.103. The molecule has 0 radical (unpaired) electrons. The maximum Gasteiger partial charge on any atom is 0.425 e. The molecule has 0 saturated carbocycles. The van der Waals surface area contributed by atoms with E-state index in [1.807, 2.05) is 0 Å². The summed E-state index contributed by atoms with van der Waals surface area (Å²) in [6, 6.07) is 0. The smallest absolute Gasteiger partial charge is 0.425 e. The van der Waals surface area contributed by atoms with Crippen molar-refractivity contribution in [3.63, 3.8) is 0 Å². The molecule has 2 rings (SSSR count). The zero-order chi connectivity index (χ0) is 13.4. The molecule has 1 N–H and O–H groups in total. The van der Waals surface area contributed by atoms with Gasteiger partial charge in [-0.15, -0.1) is 0 Å². The highest BCUT2D eigenvalue weighted by molar-refractivity contribution is 5.69. The first-order valence-electron chi connectivity index (χ1n) is 6.05. The third-order valence-electron chi connectivity index (χ3n) is 3.71. The normalized spacial score (nSPS) is 24.6. The van der Waals surface area contributed by atoms with Crippen LogP contribution < -0.4 is 5.32 Å². The predicted molar refractivity (Wildman–Crippen MR) is 58.1 cm³/mol. The SMILES string of the molecule is CC(OC(=O)N1CC2(CCNCC2)C1)C(F)(F)F. The van der Waals surface area contributed by atoms with Crippen molar-refractivity contribution in [3.05, 3.63) is 0 Å². The molecule has 2 heterocycles. The molecule has 2 saturated heterocycles. The zero-order valence-electron chi connectivity index (χ0n) is 10.2. The third kappa shape index (κ3) is 2.71. The van der Waals surface area contributed by atoms with E-state index in [1.54, 1.807) is 0 Å². The monoisotopic (exact) mass is 266 g/mol. The highest BCUT2D eigenvalue weighted by Crippen LogP contribution is 2.39. The van der Waals surface area contributed by atoms with Gasteiger partial charge in [0.25, 0.3) is 0 Å². The van der Waals surface area contributed by atoms with Crippen LogP contribution in [-0.2, 0) is 4.74 Å². The number of piperidine rings is 1. The lowest BCUT2D eigenvalue weighted by molar-refractivity contribution is -0.202. The van der Waals surface area contributed by atoms with Crippen LogP contribution in [-0.4, -0.2) is 49.5 Å². The number of ether oxygens (including phenoxy) is 1. The number of hydrogen-bond acceptors (Lipinski definition) is 3. The molecule has 4 nitrogen and oxygen atoms in total. The van der Waals surface area contributed by atoms with Gasteiger partial charge in [-0.25, -0.2) is 4.79 Å². The molecule has 2 fully saturated rings. The van der Waals surface area contributed by atoms with Crippen LogP contribution in [0.3, 0.4) is 0 Å². The van der Waals surface area contributed by atoms with Gasteiger partial charge in [-0.2, -0.15) is 13.2 Å². The van der Waals surface area contributed by atoms with Gasteiger partial charge in [-0.05, 0) is 32.9 Å². The van der Waals surface area contributed by atoms with Crippen LogP contribution >= 0.6 is 0 Å². The van der Waals surface area contributed by atoms with E-state index in [0.717, 1.165) is 32.9 Å². The number of alkyl halides is 3. The Morgan fingerprint density at radius 3 is 2.39 bits per heavy atom. The highest BCUT2D eigenvalue weighted by Gasteiger charge is 2.47. The van der Waals surface area contributed by atoms with E-state index in [9.17, 15) is 18.0 Å². The van der Waals surface area contributed by atoms with Gasteiger partial charge < -0.3 is 15.0 Å². The first-order valence-corrected chi connectivity index (χ1v) is 6.05. The Bertz CT molecular complexity index is 319. The van der Waals surface area contributed by atoms with Crippen LogP contribution in [0.5, 0.6) is 0 Å². The Labute approximate surface area is 103 Å². The molecule has 18 heavy (non-hydrogen) atoms. The second-order valence-electron chi connectivity index (χ2n) is 5.17. The van der Waals surface area contributed by atoms with Gasteiger partial charge >= 0.3 is 12.3 Å². The number of carbonyl (C=O) groups excluding carboxylic acids is 1. The van der Waals surface area contributed by atoms with Crippen LogP contribution in [0, 0.1) is 5.41 Å². The number of likely N-dealkylation sites (tertiary alicyclic amines) is 1. The van der Waals surface area contributed by atoms with Crippen molar-refractivity contribution in [1.82, 2.24) is 10.2 Å². The second kappa shape index (κ2) is 4.60. The van der Waals surface area contributed by atoms with Gasteiger partial charge in [0.1, 0.15) is 0 Å². The lowest BCUT2D eigenvalue weighted by Crippen LogP contribution is -2.62. The van der Waals surface area contributed by atoms with Gasteiger partial charge in [-0.1, -0.05) is 0 Å². The molecule has 7 heteroatoms. The van der Waals surface area contributed by atoms with Crippen LogP contribution in [0.15, 0.2) is 0 Å². The van der Waals surface area contributed by atoms with Crippen molar-refractivity contribution in [3.8, 4) is 0 Å². The van der Waals surface area contributed by atoms with Crippen molar-refractivity contribution in [2.45, 2.75) is 32.0 Å². The van der Waals surface area contributed by atoms with E-state index in [2.05, 4.69) is 10.1 Å². The fraction of sp³-hybridized carbons (Fsp3) is 0.909. The molecule has 0 aromatic rings. The summed E-state index contributed by atoms with van der Waals surface area (Å²) >= 11 is 0. The van der Waals surface area contributed by atoms with Gasteiger partial charge in [0.2, 0.25) is 0 Å². The standard InChI is InChI=1S/C11H17F3N2O2/c1-8(11(12,13)14)18-9(17)16-6-10(7-16)2-4-15-5-3-10/h8,15H,2-7H2,1H3. The van der Waals surface area contributed by atoms with Crippen LogP contribution in [0.2, 0.25) is 0 Å². The quantitative estimate of drug-likeness (QED) is 0.786. The first-order chi connectivity index (χ1) is 8.32. The number of carbonyl (C=O) groups is 1. The lowest BCUT2D eigenvalue weighted by Gasteiger charge is -2.51. The molecule has 104 valence electrons.